The van der Waals surface area contributed by atoms with Gasteiger partial charge in [0, 0.05) is 6.54 Å². The van der Waals surface area contributed by atoms with Crippen molar-refractivity contribution in [2.75, 3.05) is 18.4 Å². The molecule has 1 aromatic carbocycles. The molecule has 0 radical (unpaired) electrons. The normalized spacial score (nSPS) is 9.47. The van der Waals surface area contributed by atoms with Crippen molar-refractivity contribution < 1.29 is 9.18 Å². The van der Waals surface area contributed by atoms with E-state index in [9.17, 15) is 9.18 Å². The van der Waals surface area contributed by atoms with Gasteiger partial charge in [-0.2, -0.15) is 5.26 Å². The predicted octanol–water partition coefficient (Wildman–Crippen LogP) is 2.59. The Balaban J connectivity index is 2.70. The molecule has 0 saturated heterocycles. The molecule has 0 spiro atoms. The first-order valence-electron chi connectivity index (χ1n) is 5.36. The van der Waals surface area contributed by atoms with Crippen LogP contribution >= 0.6 is 0 Å². The molecule has 0 atom stereocenters. The van der Waals surface area contributed by atoms with Gasteiger partial charge in [-0.1, -0.05) is 19.1 Å². The molecule has 4 nitrogen and oxygen atoms in total. The number of halogens is 1. The fraction of sp³-hybridized carbons (Fsp3) is 0.333. The molecule has 1 N–H and O–H groups in total. The second-order valence-corrected chi connectivity index (χ2v) is 3.49. The summed E-state index contributed by atoms with van der Waals surface area (Å²) in [7, 11) is 0. The number of amides is 2. The summed E-state index contributed by atoms with van der Waals surface area (Å²) in [5, 5.41) is 11.0. The fourth-order valence-corrected chi connectivity index (χ4v) is 1.36. The fourth-order valence-electron chi connectivity index (χ4n) is 1.36. The Morgan fingerprint density at radius 1 is 1.53 bits per heavy atom. The Bertz CT molecular complexity index is 428. The molecule has 17 heavy (non-hydrogen) atoms. The first-order valence-corrected chi connectivity index (χ1v) is 5.36. The summed E-state index contributed by atoms with van der Waals surface area (Å²) >= 11 is 0. The lowest BCUT2D eigenvalue weighted by atomic mass is 10.3. The van der Waals surface area contributed by atoms with E-state index in [1.807, 2.05) is 13.0 Å². The molecule has 1 aromatic rings. The number of rotatable bonds is 4. The zero-order chi connectivity index (χ0) is 12.7. The third-order valence-corrected chi connectivity index (χ3v) is 2.16. The Morgan fingerprint density at radius 3 is 2.82 bits per heavy atom. The summed E-state index contributed by atoms with van der Waals surface area (Å²) in [6.07, 6.45) is 0.742. The van der Waals surface area contributed by atoms with Crippen molar-refractivity contribution >= 4 is 11.7 Å². The van der Waals surface area contributed by atoms with Crippen LogP contribution < -0.4 is 5.32 Å². The van der Waals surface area contributed by atoms with Crippen molar-refractivity contribution in [3.63, 3.8) is 0 Å². The number of nitrogens with one attached hydrogen (secondary N) is 1. The van der Waals surface area contributed by atoms with Crippen molar-refractivity contribution in [2.24, 2.45) is 0 Å². The van der Waals surface area contributed by atoms with Gasteiger partial charge >= 0.3 is 6.03 Å². The van der Waals surface area contributed by atoms with Crippen LogP contribution in [0.5, 0.6) is 0 Å². The molecule has 0 aromatic heterocycles. The van der Waals surface area contributed by atoms with Gasteiger partial charge in [0.05, 0.1) is 11.8 Å². The number of nitriles is 1. The SMILES string of the molecule is CCCN(CC#N)C(=O)Nc1ccccc1F. The zero-order valence-electron chi connectivity index (χ0n) is 9.61. The highest BCUT2D eigenvalue weighted by atomic mass is 19.1. The first kappa shape index (κ1) is 13.0. The molecule has 0 unspecified atom stereocenters. The maximum absolute atomic E-state index is 13.3. The lowest BCUT2D eigenvalue weighted by Gasteiger charge is -2.19. The van der Waals surface area contributed by atoms with Crippen molar-refractivity contribution in [3.8, 4) is 6.07 Å². The van der Waals surface area contributed by atoms with Gasteiger partial charge < -0.3 is 10.2 Å². The number of para-hydroxylation sites is 1. The monoisotopic (exact) mass is 235 g/mol. The molecule has 0 fully saturated rings. The van der Waals surface area contributed by atoms with Crippen LogP contribution in [0.15, 0.2) is 24.3 Å². The highest BCUT2D eigenvalue weighted by Crippen LogP contribution is 2.13. The molecule has 0 aliphatic rings. The maximum Gasteiger partial charge on any atom is 0.322 e. The van der Waals surface area contributed by atoms with Gasteiger partial charge in [-0.05, 0) is 18.6 Å². The van der Waals surface area contributed by atoms with E-state index in [4.69, 9.17) is 5.26 Å². The zero-order valence-corrected chi connectivity index (χ0v) is 9.61. The summed E-state index contributed by atoms with van der Waals surface area (Å²) < 4.78 is 13.3. The molecule has 0 saturated carbocycles. The highest BCUT2D eigenvalue weighted by molar-refractivity contribution is 5.89. The van der Waals surface area contributed by atoms with Crippen LogP contribution in [0.3, 0.4) is 0 Å². The topological polar surface area (TPSA) is 56.1 Å². The smallest absolute Gasteiger partial charge is 0.311 e. The van der Waals surface area contributed by atoms with Gasteiger partial charge in [0.25, 0.3) is 0 Å². The van der Waals surface area contributed by atoms with Crippen LogP contribution in [0, 0.1) is 17.1 Å². The molecule has 1 rings (SSSR count). The first-order chi connectivity index (χ1) is 8.19. The van der Waals surface area contributed by atoms with Crippen molar-refractivity contribution in [3.05, 3.63) is 30.1 Å². The molecule has 5 heteroatoms. The molecule has 2 amide bonds. The minimum atomic E-state index is -0.491. The lowest BCUT2D eigenvalue weighted by molar-refractivity contribution is 0.217. The molecular weight excluding hydrogens is 221 g/mol. The average molecular weight is 235 g/mol. The standard InChI is InChI=1S/C12H14FN3O/c1-2-8-16(9-7-14)12(17)15-11-6-4-3-5-10(11)13/h3-6H,2,8-9H2,1H3,(H,15,17). The summed E-state index contributed by atoms with van der Waals surface area (Å²) in [5.41, 5.74) is 0.122. The van der Waals surface area contributed by atoms with Crippen molar-refractivity contribution in [1.82, 2.24) is 4.90 Å². The minimum absolute atomic E-state index is 0.00583. The van der Waals surface area contributed by atoms with E-state index in [0.29, 0.717) is 6.54 Å². The minimum Gasteiger partial charge on any atom is -0.311 e. The van der Waals surface area contributed by atoms with Gasteiger partial charge in [-0.15, -0.1) is 0 Å². The Labute approximate surface area is 99.7 Å². The van der Waals surface area contributed by atoms with Crippen LogP contribution in [0.2, 0.25) is 0 Å². The largest absolute Gasteiger partial charge is 0.322 e. The van der Waals surface area contributed by atoms with Crippen molar-refractivity contribution in [2.45, 2.75) is 13.3 Å². The quantitative estimate of drug-likeness (QED) is 0.815. The Kier molecular flexibility index (Phi) is 4.95. The van der Waals surface area contributed by atoms with Crippen LogP contribution in [-0.4, -0.2) is 24.0 Å². The number of carbonyl (C=O) groups is 1. The van der Waals surface area contributed by atoms with Crippen molar-refractivity contribution in [1.29, 1.82) is 5.26 Å². The van der Waals surface area contributed by atoms with E-state index < -0.39 is 11.8 Å². The molecule has 0 bridgehead atoms. The number of benzene rings is 1. The van der Waals surface area contributed by atoms with Gasteiger partial charge in [0.1, 0.15) is 12.4 Å². The van der Waals surface area contributed by atoms with Crippen LogP contribution in [0.25, 0.3) is 0 Å². The number of urea groups is 1. The van der Waals surface area contributed by atoms with Crippen LogP contribution in [-0.2, 0) is 0 Å². The highest BCUT2D eigenvalue weighted by Gasteiger charge is 2.13. The Hall–Kier alpha value is -2.09. The average Bonchev–Trinajstić information content (AvgIpc) is 2.32. The number of carbonyl (C=O) groups excluding carboxylic acids is 1. The second-order valence-electron chi connectivity index (χ2n) is 3.49. The number of nitrogens with zero attached hydrogens (tertiary/aromatic N) is 2. The maximum atomic E-state index is 13.3. The van der Waals surface area contributed by atoms with E-state index >= 15 is 0 Å². The number of hydrogen-bond donors (Lipinski definition) is 1. The predicted molar refractivity (Wildman–Crippen MR) is 62.9 cm³/mol. The van der Waals surface area contributed by atoms with E-state index in [2.05, 4.69) is 5.32 Å². The van der Waals surface area contributed by atoms with E-state index in [1.165, 1.54) is 17.0 Å². The second kappa shape index (κ2) is 6.48. The van der Waals surface area contributed by atoms with E-state index in [-0.39, 0.29) is 12.2 Å². The van der Waals surface area contributed by atoms with E-state index in [1.54, 1.807) is 12.1 Å². The van der Waals surface area contributed by atoms with Gasteiger partial charge in [0.15, 0.2) is 0 Å². The van der Waals surface area contributed by atoms with Gasteiger partial charge in [0.2, 0.25) is 0 Å². The number of anilines is 1. The summed E-state index contributed by atoms with van der Waals surface area (Å²) in [6, 6.07) is 7.37. The number of hydrogen-bond acceptors (Lipinski definition) is 2. The van der Waals surface area contributed by atoms with Gasteiger partial charge in [-0.25, -0.2) is 9.18 Å². The summed E-state index contributed by atoms with van der Waals surface area (Å²) in [6.45, 7) is 2.36. The summed E-state index contributed by atoms with van der Waals surface area (Å²) in [5.74, 6) is -0.491. The molecular formula is C12H14FN3O. The molecule has 0 heterocycles. The molecule has 90 valence electrons. The Morgan fingerprint density at radius 2 is 2.24 bits per heavy atom. The van der Waals surface area contributed by atoms with Gasteiger partial charge in [-0.3, -0.25) is 0 Å². The molecule has 0 aliphatic heterocycles. The summed E-state index contributed by atoms with van der Waals surface area (Å²) in [4.78, 5) is 13.1. The van der Waals surface area contributed by atoms with Crippen LogP contribution in [0.1, 0.15) is 13.3 Å². The van der Waals surface area contributed by atoms with E-state index in [0.717, 1.165) is 6.42 Å². The van der Waals surface area contributed by atoms with Crippen LogP contribution in [0.4, 0.5) is 14.9 Å². The third kappa shape index (κ3) is 3.76. The molecule has 0 aliphatic carbocycles. The third-order valence-electron chi connectivity index (χ3n) is 2.16. The lowest BCUT2D eigenvalue weighted by Crippen LogP contribution is -2.36.